The summed E-state index contributed by atoms with van der Waals surface area (Å²) in [5.41, 5.74) is 2.62. The molecule has 6 heteroatoms. The molecule has 6 nitrogen and oxygen atoms in total. The number of amides is 2. The first-order chi connectivity index (χ1) is 16.1. The summed E-state index contributed by atoms with van der Waals surface area (Å²) in [5, 5.41) is 3.71. The lowest BCUT2D eigenvalue weighted by molar-refractivity contribution is 0.0565. The Kier molecular flexibility index (Phi) is 6.18. The normalized spacial score (nSPS) is 17.9. The van der Waals surface area contributed by atoms with Crippen molar-refractivity contribution >= 4 is 28.5 Å². The summed E-state index contributed by atoms with van der Waals surface area (Å²) in [6.45, 7) is 5.73. The molecule has 3 aromatic rings. The van der Waals surface area contributed by atoms with Crippen LogP contribution in [0.5, 0.6) is 0 Å². The number of rotatable bonds is 4. The fourth-order valence-corrected chi connectivity index (χ4v) is 5.15. The largest absolute Gasteiger partial charge is 0.449 e. The van der Waals surface area contributed by atoms with Gasteiger partial charge in [-0.15, -0.1) is 0 Å². The highest BCUT2D eigenvalue weighted by molar-refractivity contribution is 6.14. The van der Waals surface area contributed by atoms with E-state index in [1.807, 2.05) is 54.3 Å². The van der Waals surface area contributed by atoms with Gasteiger partial charge >= 0.3 is 0 Å². The maximum absolute atomic E-state index is 13.5. The van der Waals surface area contributed by atoms with Crippen molar-refractivity contribution in [3.63, 3.8) is 0 Å². The van der Waals surface area contributed by atoms with E-state index in [1.165, 1.54) is 32.4 Å². The van der Waals surface area contributed by atoms with E-state index in [0.29, 0.717) is 36.0 Å². The van der Waals surface area contributed by atoms with Crippen molar-refractivity contribution in [2.75, 3.05) is 31.5 Å². The van der Waals surface area contributed by atoms with Gasteiger partial charge in [0.05, 0.1) is 0 Å². The van der Waals surface area contributed by atoms with Crippen molar-refractivity contribution in [2.45, 2.75) is 45.1 Å². The molecule has 0 bridgehead atoms. The molecule has 1 aromatic heterocycles. The van der Waals surface area contributed by atoms with Crippen molar-refractivity contribution in [1.82, 2.24) is 9.80 Å². The molecule has 0 aliphatic carbocycles. The Morgan fingerprint density at radius 1 is 0.939 bits per heavy atom. The van der Waals surface area contributed by atoms with Crippen LogP contribution >= 0.6 is 0 Å². The Labute approximate surface area is 194 Å². The molecule has 2 saturated heterocycles. The monoisotopic (exact) mass is 445 g/mol. The number of hydrogen-bond donors (Lipinski definition) is 1. The molecule has 33 heavy (non-hydrogen) atoms. The molecule has 0 unspecified atom stereocenters. The Hall–Kier alpha value is -3.12. The summed E-state index contributed by atoms with van der Waals surface area (Å²) in [4.78, 5) is 31.0. The topological polar surface area (TPSA) is 65.8 Å². The summed E-state index contributed by atoms with van der Waals surface area (Å²) in [5.74, 6) is -0.181. The van der Waals surface area contributed by atoms with Gasteiger partial charge in [-0.1, -0.05) is 36.2 Å². The predicted octanol–water partition coefficient (Wildman–Crippen LogP) is 5.08. The maximum Gasteiger partial charge on any atom is 0.291 e. The minimum atomic E-state index is -0.247. The summed E-state index contributed by atoms with van der Waals surface area (Å²) < 4.78 is 6.00. The summed E-state index contributed by atoms with van der Waals surface area (Å²) in [7, 11) is 0. The van der Waals surface area contributed by atoms with Crippen molar-refractivity contribution in [1.29, 1.82) is 0 Å². The average molecular weight is 446 g/mol. The number of anilines is 1. The maximum atomic E-state index is 13.5. The van der Waals surface area contributed by atoms with Gasteiger partial charge in [-0.2, -0.15) is 0 Å². The number of hydrogen-bond acceptors (Lipinski definition) is 4. The van der Waals surface area contributed by atoms with Crippen LogP contribution in [0.15, 0.2) is 52.9 Å². The van der Waals surface area contributed by atoms with E-state index in [0.717, 1.165) is 23.8 Å². The van der Waals surface area contributed by atoms with Crippen LogP contribution in [-0.4, -0.2) is 53.8 Å². The molecule has 5 rings (SSSR count). The fraction of sp³-hybridized carbons (Fsp3) is 0.407. The van der Waals surface area contributed by atoms with Gasteiger partial charge in [-0.25, -0.2) is 0 Å². The fourth-order valence-electron chi connectivity index (χ4n) is 5.15. The second-order valence-electron chi connectivity index (χ2n) is 9.25. The van der Waals surface area contributed by atoms with Crippen LogP contribution in [0.25, 0.3) is 11.0 Å². The quantitative estimate of drug-likeness (QED) is 0.608. The summed E-state index contributed by atoms with van der Waals surface area (Å²) >= 11 is 0. The SMILES string of the molecule is Cc1cccc(C(=O)Nc2c(C(=O)N3CCC(N4CCCCC4)CC3)oc3ccccc23)c1. The first-order valence-electron chi connectivity index (χ1n) is 12.0. The zero-order valence-electron chi connectivity index (χ0n) is 19.2. The molecule has 1 N–H and O–H groups in total. The molecule has 2 aliphatic rings. The van der Waals surface area contributed by atoms with Gasteiger partial charge in [0, 0.05) is 30.1 Å². The number of nitrogens with zero attached hydrogens (tertiary/aromatic N) is 2. The number of nitrogens with one attached hydrogen (secondary N) is 1. The third kappa shape index (κ3) is 4.53. The van der Waals surface area contributed by atoms with E-state index < -0.39 is 0 Å². The van der Waals surface area contributed by atoms with Crippen LogP contribution in [-0.2, 0) is 0 Å². The summed E-state index contributed by atoms with van der Waals surface area (Å²) in [6.07, 6.45) is 5.86. The Balaban J connectivity index is 1.36. The van der Waals surface area contributed by atoms with Crippen molar-refractivity contribution < 1.29 is 14.0 Å². The molecule has 0 radical (unpaired) electrons. The summed E-state index contributed by atoms with van der Waals surface area (Å²) in [6, 6.07) is 15.5. The Morgan fingerprint density at radius 3 is 2.45 bits per heavy atom. The van der Waals surface area contributed by atoms with Crippen LogP contribution in [0, 0.1) is 6.92 Å². The second kappa shape index (κ2) is 9.40. The van der Waals surface area contributed by atoms with E-state index in [9.17, 15) is 9.59 Å². The second-order valence-corrected chi connectivity index (χ2v) is 9.25. The zero-order chi connectivity index (χ0) is 22.8. The van der Waals surface area contributed by atoms with Crippen molar-refractivity contribution in [3.8, 4) is 0 Å². The number of para-hydroxylation sites is 1. The highest BCUT2D eigenvalue weighted by Gasteiger charge is 2.31. The van der Waals surface area contributed by atoms with Crippen LogP contribution < -0.4 is 5.32 Å². The van der Waals surface area contributed by atoms with Gasteiger partial charge in [-0.3, -0.25) is 9.59 Å². The zero-order valence-corrected chi connectivity index (χ0v) is 19.2. The number of likely N-dealkylation sites (tertiary alicyclic amines) is 2. The van der Waals surface area contributed by atoms with E-state index in [2.05, 4.69) is 10.2 Å². The Bertz CT molecular complexity index is 1150. The molecule has 0 atom stereocenters. The Morgan fingerprint density at radius 2 is 1.70 bits per heavy atom. The minimum absolute atomic E-state index is 0.150. The standard InChI is InChI=1S/C27H31N3O3/c1-19-8-7-9-20(18-19)26(31)28-24-22-10-3-4-11-23(22)33-25(24)27(32)30-16-12-21(13-17-30)29-14-5-2-6-15-29/h3-4,7-11,18,21H,2,5-6,12-17H2,1H3,(H,28,31). The van der Waals surface area contributed by atoms with Crippen molar-refractivity contribution in [3.05, 3.63) is 65.4 Å². The molecule has 172 valence electrons. The molecule has 2 fully saturated rings. The number of furan rings is 1. The molecule has 2 amide bonds. The van der Waals surface area contributed by atoms with Crippen LogP contribution in [0.3, 0.4) is 0 Å². The molecule has 3 heterocycles. The number of carbonyl (C=O) groups excluding carboxylic acids is 2. The predicted molar refractivity (Wildman–Crippen MR) is 130 cm³/mol. The molecular weight excluding hydrogens is 414 g/mol. The number of piperidine rings is 2. The van der Waals surface area contributed by atoms with Crippen LogP contribution in [0.4, 0.5) is 5.69 Å². The van der Waals surface area contributed by atoms with Gasteiger partial charge < -0.3 is 19.5 Å². The van der Waals surface area contributed by atoms with Gasteiger partial charge in [0.1, 0.15) is 11.3 Å². The molecule has 2 aromatic carbocycles. The average Bonchev–Trinajstić information content (AvgIpc) is 3.22. The van der Waals surface area contributed by atoms with Gasteiger partial charge in [0.15, 0.2) is 0 Å². The highest BCUT2D eigenvalue weighted by Crippen LogP contribution is 2.33. The van der Waals surface area contributed by atoms with Gasteiger partial charge in [0.25, 0.3) is 11.8 Å². The van der Waals surface area contributed by atoms with E-state index >= 15 is 0 Å². The van der Waals surface area contributed by atoms with Gasteiger partial charge in [0.2, 0.25) is 5.76 Å². The smallest absolute Gasteiger partial charge is 0.291 e. The first-order valence-corrected chi connectivity index (χ1v) is 12.0. The minimum Gasteiger partial charge on any atom is -0.449 e. The highest BCUT2D eigenvalue weighted by atomic mass is 16.3. The molecule has 0 spiro atoms. The lowest BCUT2D eigenvalue weighted by atomic mass is 9.99. The van der Waals surface area contributed by atoms with Crippen molar-refractivity contribution in [2.24, 2.45) is 0 Å². The number of carbonyl (C=O) groups is 2. The van der Waals surface area contributed by atoms with E-state index in [4.69, 9.17) is 4.42 Å². The third-order valence-corrected chi connectivity index (χ3v) is 6.97. The number of benzene rings is 2. The lowest BCUT2D eigenvalue weighted by Gasteiger charge is -2.40. The third-order valence-electron chi connectivity index (χ3n) is 6.97. The van der Waals surface area contributed by atoms with Gasteiger partial charge in [-0.05, 0) is 70.0 Å². The number of aryl methyl sites for hydroxylation is 1. The molecule has 0 saturated carbocycles. The molecule has 2 aliphatic heterocycles. The lowest BCUT2D eigenvalue weighted by Crippen LogP contribution is -2.48. The van der Waals surface area contributed by atoms with Crippen LogP contribution in [0.2, 0.25) is 0 Å². The van der Waals surface area contributed by atoms with E-state index in [-0.39, 0.29) is 17.6 Å². The molecular formula is C27H31N3O3. The first kappa shape index (κ1) is 21.7. The number of fused-ring (bicyclic) bond motifs is 1. The van der Waals surface area contributed by atoms with E-state index in [1.54, 1.807) is 6.07 Å². The van der Waals surface area contributed by atoms with Crippen LogP contribution in [0.1, 0.15) is 58.6 Å².